The van der Waals surface area contributed by atoms with E-state index in [2.05, 4.69) is 15.3 Å². The summed E-state index contributed by atoms with van der Waals surface area (Å²) in [5, 5.41) is 11.9. The van der Waals surface area contributed by atoms with Gasteiger partial charge in [-0.1, -0.05) is 30.9 Å². The van der Waals surface area contributed by atoms with Gasteiger partial charge in [0.2, 0.25) is 11.9 Å². The molecule has 0 aromatic carbocycles. The average molecular weight is 312 g/mol. The third-order valence-corrected chi connectivity index (χ3v) is 4.06. The fourth-order valence-corrected chi connectivity index (χ4v) is 3.08. The van der Waals surface area contributed by atoms with Gasteiger partial charge < -0.3 is 5.11 Å². The van der Waals surface area contributed by atoms with Gasteiger partial charge >= 0.3 is 5.97 Å². The third-order valence-electron chi connectivity index (χ3n) is 3.85. The fourth-order valence-electron chi connectivity index (χ4n) is 2.95. The Morgan fingerprint density at radius 1 is 1.29 bits per heavy atom. The first-order valence-electron chi connectivity index (χ1n) is 6.99. The number of carbonyl (C=O) groups is 2. The van der Waals surface area contributed by atoms with E-state index in [4.69, 9.17) is 16.7 Å². The van der Waals surface area contributed by atoms with Gasteiger partial charge in [0, 0.05) is 12.6 Å². The molecule has 0 spiro atoms. The van der Waals surface area contributed by atoms with Gasteiger partial charge in [-0.25, -0.2) is 9.97 Å². The lowest BCUT2D eigenvalue weighted by atomic mass is 9.69. The van der Waals surface area contributed by atoms with Crippen LogP contribution in [0.25, 0.3) is 0 Å². The average Bonchev–Trinajstić information content (AvgIpc) is 2.38. The number of aliphatic carboxylic acids is 1. The number of rotatable bonds is 5. The van der Waals surface area contributed by atoms with Gasteiger partial charge in [0.05, 0.1) is 6.42 Å². The zero-order chi connectivity index (χ0) is 15.3. The molecule has 1 saturated carbocycles. The van der Waals surface area contributed by atoms with Crippen LogP contribution in [0.1, 0.15) is 44.9 Å². The van der Waals surface area contributed by atoms with Crippen LogP contribution in [0.5, 0.6) is 0 Å². The topological polar surface area (TPSA) is 92.2 Å². The third kappa shape index (κ3) is 4.67. The van der Waals surface area contributed by atoms with Crippen LogP contribution in [0.3, 0.4) is 0 Å². The van der Waals surface area contributed by atoms with Crippen LogP contribution in [0.15, 0.2) is 12.3 Å². The Labute approximate surface area is 127 Å². The second-order valence-electron chi connectivity index (χ2n) is 5.56. The van der Waals surface area contributed by atoms with E-state index in [1.165, 1.54) is 12.3 Å². The molecule has 1 aromatic rings. The summed E-state index contributed by atoms with van der Waals surface area (Å²) in [5.74, 6) is -0.974. The van der Waals surface area contributed by atoms with E-state index in [1.807, 2.05) is 0 Å². The molecule has 114 valence electrons. The van der Waals surface area contributed by atoms with Crippen LogP contribution >= 0.6 is 11.6 Å². The summed E-state index contributed by atoms with van der Waals surface area (Å²) < 4.78 is 0. The summed E-state index contributed by atoms with van der Waals surface area (Å²) in [7, 11) is 0. The van der Waals surface area contributed by atoms with Gasteiger partial charge in [0.15, 0.2) is 0 Å². The van der Waals surface area contributed by atoms with Gasteiger partial charge in [-0.3, -0.25) is 14.9 Å². The standard InChI is InChI=1S/C14H18ClN3O3/c15-10-4-7-16-13(17-10)18-11(19)8-14(9-12(20)21)5-2-1-3-6-14/h4,7H,1-3,5-6,8-9H2,(H,20,21)(H,16,17,18,19). The van der Waals surface area contributed by atoms with E-state index in [0.29, 0.717) is 0 Å². The Kier molecular flexibility index (Phi) is 5.12. The second kappa shape index (κ2) is 6.85. The molecule has 0 unspecified atom stereocenters. The first-order chi connectivity index (χ1) is 9.99. The molecule has 2 rings (SSSR count). The quantitative estimate of drug-likeness (QED) is 0.816. The first kappa shape index (κ1) is 15.7. The molecule has 1 aliphatic rings. The number of hydrogen-bond donors (Lipinski definition) is 2. The minimum atomic E-state index is -0.858. The van der Waals surface area contributed by atoms with Crippen LogP contribution in [-0.4, -0.2) is 27.0 Å². The number of carboxylic acid groups (broad SMARTS) is 1. The molecule has 0 bridgehead atoms. The lowest BCUT2D eigenvalue weighted by molar-refractivity contribution is -0.140. The van der Waals surface area contributed by atoms with Crippen molar-refractivity contribution in [2.24, 2.45) is 5.41 Å². The molecule has 0 radical (unpaired) electrons. The van der Waals surface area contributed by atoms with Crippen molar-refractivity contribution < 1.29 is 14.7 Å². The second-order valence-corrected chi connectivity index (χ2v) is 5.95. The van der Waals surface area contributed by atoms with E-state index in [-0.39, 0.29) is 29.9 Å². The number of anilines is 1. The van der Waals surface area contributed by atoms with Gasteiger partial charge in [0.1, 0.15) is 5.15 Å². The fraction of sp³-hybridized carbons (Fsp3) is 0.571. The number of hydrogen-bond acceptors (Lipinski definition) is 4. The van der Waals surface area contributed by atoms with Crippen LogP contribution in [0.2, 0.25) is 5.15 Å². The first-order valence-corrected chi connectivity index (χ1v) is 7.37. The SMILES string of the molecule is O=C(O)CC1(CC(=O)Nc2nccc(Cl)n2)CCCCC1. The Balaban J connectivity index is 2.02. The summed E-state index contributed by atoms with van der Waals surface area (Å²) in [6.45, 7) is 0. The molecule has 1 aromatic heterocycles. The van der Waals surface area contributed by atoms with Crippen LogP contribution < -0.4 is 5.32 Å². The zero-order valence-corrected chi connectivity index (χ0v) is 12.4. The number of carboxylic acids is 1. The maximum Gasteiger partial charge on any atom is 0.303 e. The molecule has 1 aliphatic carbocycles. The van der Waals surface area contributed by atoms with E-state index in [9.17, 15) is 9.59 Å². The van der Waals surface area contributed by atoms with Crippen molar-refractivity contribution in [2.75, 3.05) is 5.32 Å². The predicted octanol–water partition coefficient (Wildman–Crippen LogP) is 2.88. The monoisotopic (exact) mass is 311 g/mol. The number of amides is 1. The minimum absolute atomic E-state index is 0.0246. The number of carbonyl (C=O) groups excluding carboxylic acids is 1. The number of halogens is 1. The van der Waals surface area contributed by atoms with Crippen molar-refractivity contribution in [2.45, 2.75) is 44.9 Å². The number of nitrogens with one attached hydrogen (secondary N) is 1. The van der Waals surface area contributed by atoms with Crippen molar-refractivity contribution >= 4 is 29.4 Å². The van der Waals surface area contributed by atoms with Crippen molar-refractivity contribution in [3.8, 4) is 0 Å². The van der Waals surface area contributed by atoms with Crippen LogP contribution in [-0.2, 0) is 9.59 Å². The lowest BCUT2D eigenvalue weighted by Crippen LogP contribution is -2.32. The van der Waals surface area contributed by atoms with Gasteiger partial charge in [-0.2, -0.15) is 0 Å². The maximum absolute atomic E-state index is 12.2. The molecule has 21 heavy (non-hydrogen) atoms. The highest BCUT2D eigenvalue weighted by molar-refractivity contribution is 6.29. The summed E-state index contributed by atoms with van der Waals surface area (Å²) in [4.78, 5) is 31.0. The maximum atomic E-state index is 12.2. The molecular weight excluding hydrogens is 294 g/mol. The van der Waals surface area contributed by atoms with Gasteiger partial charge in [0.25, 0.3) is 0 Å². The van der Waals surface area contributed by atoms with Crippen molar-refractivity contribution in [3.05, 3.63) is 17.4 Å². The minimum Gasteiger partial charge on any atom is -0.481 e. The van der Waals surface area contributed by atoms with Crippen LogP contribution in [0.4, 0.5) is 5.95 Å². The van der Waals surface area contributed by atoms with Gasteiger partial charge in [-0.15, -0.1) is 0 Å². The Morgan fingerprint density at radius 2 is 2.00 bits per heavy atom. The summed E-state index contributed by atoms with van der Waals surface area (Å²) in [6.07, 6.45) is 6.22. The summed E-state index contributed by atoms with van der Waals surface area (Å²) in [5.41, 5.74) is -0.452. The highest BCUT2D eigenvalue weighted by atomic mass is 35.5. The van der Waals surface area contributed by atoms with E-state index in [1.54, 1.807) is 0 Å². The van der Waals surface area contributed by atoms with Crippen molar-refractivity contribution in [3.63, 3.8) is 0 Å². The largest absolute Gasteiger partial charge is 0.481 e. The Bertz CT molecular complexity index is 530. The molecule has 1 fully saturated rings. The van der Waals surface area contributed by atoms with E-state index in [0.717, 1.165) is 32.1 Å². The molecule has 1 heterocycles. The summed E-state index contributed by atoms with van der Waals surface area (Å²) in [6, 6.07) is 1.52. The molecular formula is C14H18ClN3O3. The highest BCUT2D eigenvalue weighted by Crippen LogP contribution is 2.42. The smallest absolute Gasteiger partial charge is 0.303 e. The highest BCUT2D eigenvalue weighted by Gasteiger charge is 2.36. The molecule has 6 nitrogen and oxygen atoms in total. The van der Waals surface area contributed by atoms with Gasteiger partial charge in [-0.05, 0) is 24.3 Å². The van der Waals surface area contributed by atoms with Crippen molar-refractivity contribution in [1.82, 2.24) is 9.97 Å². The van der Waals surface area contributed by atoms with Crippen LogP contribution in [0, 0.1) is 5.41 Å². The molecule has 7 heteroatoms. The molecule has 1 amide bonds. The zero-order valence-electron chi connectivity index (χ0n) is 11.6. The molecule has 0 saturated heterocycles. The predicted molar refractivity (Wildman–Crippen MR) is 78.1 cm³/mol. The normalized spacial score (nSPS) is 17.2. The summed E-state index contributed by atoms with van der Waals surface area (Å²) >= 11 is 5.74. The molecule has 2 N–H and O–H groups in total. The molecule has 0 aliphatic heterocycles. The Morgan fingerprint density at radius 3 is 2.62 bits per heavy atom. The van der Waals surface area contributed by atoms with E-state index >= 15 is 0 Å². The van der Waals surface area contributed by atoms with Crippen molar-refractivity contribution in [1.29, 1.82) is 0 Å². The Hall–Kier alpha value is -1.69. The number of aromatic nitrogens is 2. The molecule has 0 atom stereocenters. The van der Waals surface area contributed by atoms with E-state index < -0.39 is 11.4 Å². The number of nitrogens with zero attached hydrogens (tertiary/aromatic N) is 2. The lowest BCUT2D eigenvalue weighted by Gasteiger charge is -2.35.